The van der Waals surface area contributed by atoms with Crippen LogP contribution in [-0.2, 0) is 23.1 Å². The van der Waals surface area contributed by atoms with Crippen LogP contribution >= 0.6 is 11.3 Å². The van der Waals surface area contributed by atoms with Crippen molar-refractivity contribution in [2.45, 2.75) is 104 Å². The summed E-state index contributed by atoms with van der Waals surface area (Å²) in [5.74, 6) is -0.727. The average Bonchev–Trinajstić information content (AvgIpc) is 3.39. The first-order chi connectivity index (χ1) is 17.2. The van der Waals surface area contributed by atoms with Crippen LogP contribution in [-0.4, -0.2) is 34.4 Å². The number of halogens is 2. The van der Waals surface area contributed by atoms with Crippen LogP contribution in [0.25, 0.3) is 0 Å². The van der Waals surface area contributed by atoms with E-state index in [0.29, 0.717) is 18.0 Å². The van der Waals surface area contributed by atoms with Crippen LogP contribution in [0.2, 0.25) is 0 Å². The topological polar surface area (TPSA) is 66.4 Å². The van der Waals surface area contributed by atoms with Crippen molar-refractivity contribution in [3.05, 3.63) is 63.4 Å². The monoisotopic (exact) mass is 535 g/mol. The minimum atomic E-state index is -0.847. The Bertz CT molecular complexity index is 1050. The number of hydrogen-bond acceptors (Lipinski definition) is 6. The normalized spacial score (nSPS) is 17.4. The van der Waals surface area contributed by atoms with Crippen molar-refractivity contribution in [3.8, 4) is 0 Å². The fourth-order valence-corrected chi connectivity index (χ4v) is 5.44. The summed E-state index contributed by atoms with van der Waals surface area (Å²) in [6.45, 7) is 14.8. The predicted octanol–water partition coefficient (Wildman–Crippen LogP) is 6.22. The molecule has 0 aliphatic heterocycles. The number of nitrogens with one attached hydrogen (secondary N) is 2. The molecule has 3 N–H and O–H groups in total. The third kappa shape index (κ3) is 9.34. The van der Waals surface area contributed by atoms with Gasteiger partial charge in [-0.3, -0.25) is 0 Å². The lowest BCUT2D eigenvalue weighted by Gasteiger charge is -2.31. The van der Waals surface area contributed by atoms with E-state index < -0.39 is 29.4 Å². The molecule has 1 aliphatic rings. The van der Waals surface area contributed by atoms with Gasteiger partial charge in [0.15, 0.2) is 5.88 Å². The first kappa shape index (κ1) is 29.5. The standard InChI is InChI=1S/C29H43F2N3O2S/c1-8-9-25(36-28(5,6)7)33-22(14-19-12-20(30)15-21(31)13-19)23(35)17-32-29(10-11-29)24-18-37-26(34-24)16-27(2,3)4/h9,12-13,15,18,22-23,32-33,35H,8,10-11,14,16-17H2,1-7H3/b25-9-. The van der Waals surface area contributed by atoms with E-state index in [1.54, 1.807) is 11.3 Å². The third-order valence-electron chi connectivity index (χ3n) is 6.10. The molecule has 1 aromatic heterocycles. The summed E-state index contributed by atoms with van der Waals surface area (Å²) in [5.41, 5.74) is 0.994. The Labute approximate surface area is 224 Å². The van der Waals surface area contributed by atoms with E-state index in [9.17, 15) is 13.9 Å². The van der Waals surface area contributed by atoms with Gasteiger partial charge in [0, 0.05) is 24.4 Å². The Morgan fingerprint density at radius 1 is 1.16 bits per heavy atom. The van der Waals surface area contributed by atoms with Gasteiger partial charge in [-0.05, 0) is 75.6 Å². The number of nitrogens with zero attached hydrogens (tertiary/aromatic N) is 1. The van der Waals surface area contributed by atoms with Crippen LogP contribution in [0, 0.1) is 17.0 Å². The lowest BCUT2D eigenvalue weighted by Crippen LogP contribution is -2.49. The van der Waals surface area contributed by atoms with Crippen molar-refractivity contribution < 1.29 is 18.6 Å². The average molecular weight is 536 g/mol. The largest absolute Gasteiger partial charge is 0.474 e. The molecule has 0 saturated heterocycles. The van der Waals surface area contributed by atoms with Gasteiger partial charge in [0.25, 0.3) is 0 Å². The Morgan fingerprint density at radius 3 is 2.35 bits per heavy atom. The molecule has 1 saturated carbocycles. The Morgan fingerprint density at radius 2 is 1.81 bits per heavy atom. The summed E-state index contributed by atoms with van der Waals surface area (Å²) in [7, 11) is 0. The van der Waals surface area contributed by atoms with Crippen molar-refractivity contribution in [1.82, 2.24) is 15.6 Å². The van der Waals surface area contributed by atoms with Crippen LogP contribution in [0.3, 0.4) is 0 Å². The number of aromatic nitrogens is 1. The van der Waals surface area contributed by atoms with E-state index >= 15 is 0 Å². The van der Waals surface area contributed by atoms with E-state index in [4.69, 9.17) is 9.72 Å². The van der Waals surface area contributed by atoms with Gasteiger partial charge < -0.3 is 20.5 Å². The number of hydrogen-bond donors (Lipinski definition) is 3. The maximum absolute atomic E-state index is 13.9. The summed E-state index contributed by atoms with van der Waals surface area (Å²) in [6, 6.07) is 2.94. The summed E-state index contributed by atoms with van der Waals surface area (Å²) in [4.78, 5) is 4.90. The number of ether oxygens (including phenoxy) is 1. The van der Waals surface area contributed by atoms with E-state index in [-0.39, 0.29) is 17.4 Å². The van der Waals surface area contributed by atoms with Gasteiger partial charge in [-0.15, -0.1) is 11.3 Å². The number of rotatable bonds is 12. The Kier molecular flexibility index (Phi) is 9.41. The molecule has 0 amide bonds. The number of benzene rings is 1. The minimum absolute atomic E-state index is 0.170. The highest BCUT2D eigenvalue weighted by Gasteiger charge is 2.46. The SMILES string of the molecule is CC/C=C(/NC(Cc1cc(F)cc(F)c1)C(O)CNC1(c2csc(CC(C)(C)C)n2)CC1)OC(C)(C)C. The van der Waals surface area contributed by atoms with Crippen molar-refractivity contribution in [2.75, 3.05) is 6.54 Å². The molecule has 2 unspecified atom stereocenters. The molecule has 2 atom stereocenters. The maximum Gasteiger partial charge on any atom is 0.183 e. The van der Waals surface area contributed by atoms with Gasteiger partial charge in [0.1, 0.15) is 17.2 Å². The first-order valence-corrected chi connectivity index (χ1v) is 14.0. The molecule has 206 valence electrons. The minimum Gasteiger partial charge on any atom is -0.474 e. The van der Waals surface area contributed by atoms with Crippen molar-refractivity contribution in [3.63, 3.8) is 0 Å². The van der Waals surface area contributed by atoms with Gasteiger partial charge >= 0.3 is 0 Å². The van der Waals surface area contributed by atoms with Crippen LogP contribution in [0.4, 0.5) is 8.78 Å². The molecule has 1 aliphatic carbocycles. The van der Waals surface area contributed by atoms with E-state index in [0.717, 1.165) is 42.5 Å². The molecule has 8 heteroatoms. The molecule has 5 nitrogen and oxygen atoms in total. The molecular weight excluding hydrogens is 492 g/mol. The highest BCUT2D eigenvalue weighted by atomic mass is 32.1. The van der Waals surface area contributed by atoms with E-state index in [1.165, 1.54) is 12.1 Å². The van der Waals surface area contributed by atoms with E-state index in [1.807, 2.05) is 33.8 Å². The summed E-state index contributed by atoms with van der Waals surface area (Å²) < 4.78 is 33.9. The van der Waals surface area contributed by atoms with Gasteiger partial charge in [-0.25, -0.2) is 13.8 Å². The van der Waals surface area contributed by atoms with Gasteiger partial charge in [-0.2, -0.15) is 0 Å². The summed E-state index contributed by atoms with van der Waals surface area (Å²) >= 11 is 1.69. The number of aliphatic hydroxyl groups is 1. The van der Waals surface area contributed by atoms with Gasteiger partial charge in [-0.1, -0.05) is 27.7 Å². The smallest absolute Gasteiger partial charge is 0.183 e. The quantitative estimate of drug-likeness (QED) is 0.282. The first-order valence-electron chi connectivity index (χ1n) is 13.2. The molecule has 0 bridgehead atoms. The highest BCUT2D eigenvalue weighted by Crippen LogP contribution is 2.46. The van der Waals surface area contributed by atoms with Crippen LogP contribution < -0.4 is 10.6 Å². The fourth-order valence-electron chi connectivity index (χ4n) is 4.25. The highest BCUT2D eigenvalue weighted by molar-refractivity contribution is 7.09. The van der Waals surface area contributed by atoms with Crippen molar-refractivity contribution >= 4 is 11.3 Å². The molecule has 0 radical (unpaired) electrons. The summed E-state index contributed by atoms with van der Waals surface area (Å²) in [5, 5.41) is 21.4. The second kappa shape index (κ2) is 11.8. The van der Waals surface area contributed by atoms with Crippen LogP contribution in [0.5, 0.6) is 0 Å². The van der Waals surface area contributed by atoms with Crippen LogP contribution in [0.15, 0.2) is 35.5 Å². The number of allylic oxidation sites excluding steroid dienone is 1. The lowest BCUT2D eigenvalue weighted by molar-refractivity contribution is 0.0268. The molecule has 37 heavy (non-hydrogen) atoms. The summed E-state index contributed by atoms with van der Waals surface area (Å²) in [6.07, 6.45) is 4.87. The van der Waals surface area contributed by atoms with Gasteiger partial charge in [0.2, 0.25) is 0 Å². The third-order valence-corrected chi connectivity index (χ3v) is 6.95. The Hall–Kier alpha value is -2.03. The molecule has 1 aromatic carbocycles. The number of aliphatic hydroxyl groups excluding tert-OH is 1. The maximum atomic E-state index is 13.9. The second-order valence-corrected chi connectivity index (χ2v) is 13.3. The van der Waals surface area contributed by atoms with Crippen molar-refractivity contribution in [1.29, 1.82) is 0 Å². The van der Waals surface area contributed by atoms with Crippen molar-refractivity contribution in [2.24, 2.45) is 5.41 Å². The molecule has 3 rings (SSSR count). The zero-order valence-electron chi connectivity index (χ0n) is 23.3. The second-order valence-electron chi connectivity index (χ2n) is 12.3. The molecule has 1 fully saturated rings. The van der Waals surface area contributed by atoms with Crippen LogP contribution in [0.1, 0.15) is 84.0 Å². The Balaban J connectivity index is 1.75. The molecular formula is C29H43F2N3O2S. The zero-order chi connectivity index (χ0) is 27.4. The zero-order valence-corrected chi connectivity index (χ0v) is 24.1. The predicted molar refractivity (Wildman–Crippen MR) is 146 cm³/mol. The van der Waals surface area contributed by atoms with Gasteiger partial charge in [0.05, 0.1) is 28.4 Å². The van der Waals surface area contributed by atoms with E-state index in [2.05, 4.69) is 36.8 Å². The fraction of sp³-hybridized carbons (Fsp3) is 0.621. The lowest BCUT2D eigenvalue weighted by atomic mass is 9.93. The molecule has 2 aromatic rings. The molecule has 1 heterocycles. The number of thiazole rings is 1. The molecule has 0 spiro atoms.